The molecule has 1 fully saturated rings. The van der Waals surface area contributed by atoms with Gasteiger partial charge in [-0.05, 0) is 30.3 Å². The molecule has 0 spiro atoms. The van der Waals surface area contributed by atoms with Crippen molar-refractivity contribution < 1.29 is 58.4 Å². The molecular weight excluding hydrogens is 520 g/mol. The maximum absolute atomic E-state index is 11.9. The van der Waals surface area contributed by atoms with Crippen LogP contribution in [0.2, 0.25) is 0 Å². The van der Waals surface area contributed by atoms with Gasteiger partial charge in [0.2, 0.25) is 17.8 Å². The number of rotatable bonds is 7. The van der Waals surface area contributed by atoms with Crippen molar-refractivity contribution in [2.45, 2.75) is 42.9 Å². The normalized spacial score (nSPS) is 28.2. The Balaban J connectivity index is 1.52. The lowest BCUT2D eigenvalue weighted by molar-refractivity contribution is -0.277. The monoisotopic (exact) mass is 548 g/mol. The summed E-state index contributed by atoms with van der Waals surface area (Å²) in [6.07, 6.45) is -9.32. The van der Waals surface area contributed by atoms with Crippen LogP contribution in [0.3, 0.4) is 0 Å². The average Bonchev–Trinajstić information content (AvgIpc) is 2.96. The Morgan fingerprint density at radius 3 is 2.15 bits per heavy atom. The highest BCUT2D eigenvalue weighted by Crippen LogP contribution is 2.47. The quantitative estimate of drug-likeness (QED) is 0.246. The highest BCUT2D eigenvalue weighted by molar-refractivity contribution is 5.85. The van der Waals surface area contributed by atoms with Gasteiger partial charge in [-0.25, -0.2) is 4.79 Å². The minimum absolute atomic E-state index is 0.0118. The molecule has 13 nitrogen and oxygen atoms in total. The number of aliphatic hydroxyl groups excluding tert-OH is 5. The zero-order chi connectivity index (χ0) is 27.8. The third kappa shape index (κ3) is 4.84. The molecule has 5 N–H and O–H groups in total. The predicted molar refractivity (Wildman–Crippen MR) is 131 cm³/mol. The molecule has 2 aliphatic heterocycles. The van der Waals surface area contributed by atoms with Crippen LogP contribution in [0, 0.1) is 0 Å². The largest absolute Gasteiger partial charge is 0.493 e. The average molecular weight is 548 g/mol. The van der Waals surface area contributed by atoms with Crippen molar-refractivity contribution in [3.05, 3.63) is 52.4 Å². The molecule has 1 saturated heterocycles. The van der Waals surface area contributed by atoms with Gasteiger partial charge in [0.1, 0.15) is 24.4 Å². The third-order valence-corrected chi connectivity index (χ3v) is 6.64. The van der Waals surface area contributed by atoms with Crippen molar-refractivity contribution in [3.8, 4) is 28.7 Å². The number of ether oxygens (including phenoxy) is 6. The Hall–Kier alpha value is -3.59. The van der Waals surface area contributed by atoms with Crippen molar-refractivity contribution in [1.82, 2.24) is 0 Å². The zero-order valence-corrected chi connectivity index (χ0v) is 20.9. The summed E-state index contributed by atoms with van der Waals surface area (Å²) in [5.74, 6) is 0.670. The van der Waals surface area contributed by atoms with E-state index in [2.05, 4.69) is 0 Å². The van der Waals surface area contributed by atoms with Gasteiger partial charge in [-0.3, -0.25) is 0 Å². The number of hydrogen-bond acceptors (Lipinski definition) is 13. The van der Waals surface area contributed by atoms with E-state index in [1.807, 2.05) is 0 Å². The Morgan fingerprint density at radius 2 is 1.51 bits per heavy atom. The summed E-state index contributed by atoms with van der Waals surface area (Å²) in [6.45, 7) is -1.05. The van der Waals surface area contributed by atoms with Crippen molar-refractivity contribution in [2.75, 3.05) is 27.4 Å². The fourth-order valence-electron chi connectivity index (χ4n) is 4.60. The first-order valence-corrected chi connectivity index (χ1v) is 12.0. The second kappa shape index (κ2) is 10.9. The van der Waals surface area contributed by atoms with E-state index in [-0.39, 0.29) is 34.3 Å². The molecule has 39 heavy (non-hydrogen) atoms. The Kier molecular flexibility index (Phi) is 7.53. The van der Waals surface area contributed by atoms with Crippen LogP contribution < -0.4 is 29.3 Å². The Labute approximate surface area is 221 Å². The van der Waals surface area contributed by atoms with Crippen LogP contribution in [0.15, 0.2) is 45.6 Å². The summed E-state index contributed by atoms with van der Waals surface area (Å²) in [5.41, 5.74) is 0.0473. The van der Waals surface area contributed by atoms with Crippen LogP contribution in [-0.2, 0) is 4.74 Å². The fraction of sp³-hybridized carbons (Fsp3) is 0.423. The van der Waals surface area contributed by atoms with E-state index < -0.39 is 61.8 Å². The molecule has 1 aromatic heterocycles. The first-order valence-electron chi connectivity index (χ1n) is 12.0. The lowest BCUT2D eigenvalue weighted by Gasteiger charge is -2.39. The highest BCUT2D eigenvalue weighted by Gasteiger charge is 2.45. The molecule has 5 rings (SSSR count). The molecule has 0 amide bonds. The molecule has 13 heteroatoms. The van der Waals surface area contributed by atoms with E-state index in [1.54, 1.807) is 18.2 Å². The van der Waals surface area contributed by atoms with E-state index in [4.69, 9.17) is 32.8 Å². The lowest BCUT2D eigenvalue weighted by Crippen LogP contribution is -2.60. The molecule has 3 heterocycles. The molecule has 7 atom stereocenters. The molecule has 0 unspecified atom stereocenters. The van der Waals surface area contributed by atoms with Crippen LogP contribution in [-0.4, -0.2) is 89.8 Å². The SMILES string of the molecule is COc1cc([C@@H]2Oc3c(ccc4ccc(=O)oc34)O[C@H]2CO)cc(OC)c1O[C@@H]1O[C@H](CO)[C@@H](O)[C@H](O)[C@H]1O. The van der Waals surface area contributed by atoms with Gasteiger partial charge in [-0.15, -0.1) is 0 Å². The molecule has 3 aromatic rings. The van der Waals surface area contributed by atoms with E-state index in [0.717, 1.165) is 0 Å². The van der Waals surface area contributed by atoms with Gasteiger partial charge >= 0.3 is 5.63 Å². The number of fused-ring (bicyclic) bond motifs is 3. The van der Waals surface area contributed by atoms with Crippen LogP contribution >= 0.6 is 0 Å². The molecule has 2 aliphatic rings. The van der Waals surface area contributed by atoms with Crippen molar-refractivity contribution in [2.24, 2.45) is 0 Å². The second-order valence-corrected chi connectivity index (χ2v) is 9.01. The van der Waals surface area contributed by atoms with Gasteiger partial charge in [0.25, 0.3) is 0 Å². The smallest absolute Gasteiger partial charge is 0.336 e. The first kappa shape index (κ1) is 27.0. The van der Waals surface area contributed by atoms with E-state index in [9.17, 15) is 30.3 Å². The van der Waals surface area contributed by atoms with Crippen LogP contribution in [0.1, 0.15) is 11.7 Å². The number of aliphatic hydroxyl groups is 5. The highest BCUT2D eigenvalue weighted by atomic mass is 16.7. The van der Waals surface area contributed by atoms with E-state index in [1.165, 1.54) is 32.4 Å². The van der Waals surface area contributed by atoms with Crippen LogP contribution in [0.25, 0.3) is 11.0 Å². The molecule has 2 aromatic carbocycles. The number of benzene rings is 2. The summed E-state index contributed by atoms with van der Waals surface area (Å²) in [6, 6.07) is 9.29. The minimum Gasteiger partial charge on any atom is -0.493 e. The predicted octanol–water partition coefficient (Wildman–Crippen LogP) is -0.138. The van der Waals surface area contributed by atoms with Gasteiger partial charge in [0.05, 0.1) is 27.4 Å². The number of hydrogen-bond donors (Lipinski definition) is 5. The van der Waals surface area contributed by atoms with Crippen LogP contribution in [0.4, 0.5) is 0 Å². The standard InChI is InChI=1S/C26H28O13/c1-33-14-7-12(8-15(34-2)24(14)39-26-21(32)20(31)19(30)16(9-27)36-26)22-17(10-28)35-13-5-3-11-4-6-18(29)37-23(11)25(13)38-22/h3-8,16-17,19-22,26-28,30-32H,9-10H2,1-2H3/t16-,17+,19-,20+,21-,22+,26+/m1/s1. The van der Waals surface area contributed by atoms with E-state index >= 15 is 0 Å². The van der Waals surface area contributed by atoms with E-state index in [0.29, 0.717) is 10.9 Å². The summed E-state index contributed by atoms with van der Waals surface area (Å²) in [7, 11) is 2.72. The van der Waals surface area contributed by atoms with Crippen molar-refractivity contribution in [3.63, 3.8) is 0 Å². The summed E-state index contributed by atoms with van der Waals surface area (Å²) >= 11 is 0. The minimum atomic E-state index is -1.66. The second-order valence-electron chi connectivity index (χ2n) is 9.01. The zero-order valence-electron chi connectivity index (χ0n) is 20.9. The first-order chi connectivity index (χ1) is 18.8. The van der Waals surface area contributed by atoms with Gasteiger partial charge in [0.15, 0.2) is 35.0 Å². The molecular formula is C26H28O13. The summed E-state index contributed by atoms with van der Waals surface area (Å²) in [4.78, 5) is 11.9. The topological polar surface area (TPSA) is 187 Å². The molecule has 0 saturated carbocycles. The fourth-order valence-corrected chi connectivity index (χ4v) is 4.60. The maximum Gasteiger partial charge on any atom is 0.336 e. The van der Waals surface area contributed by atoms with Gasteiger partial charge < -0.3 is 58.4 Å². The molecule has 0 bridgehead atoms. The van der Waals surface area contributed by atoms with Gasteiger partial charge in [0, 0.05) is 17.0 Å². The Morgan fingerprint density at radius 1 is 0.846 bits per heavy atom. The lowest BCUT2D eigenvalue weighted by atomic mass is 9.99. The molecule has 210 valence electrons. The maximum atomic E-state index is 11.9. The van der Waals surface area contributed by atoms with Crippen molar-refractivity contribution >= 4 is 11.0 Å². The molecule has 0 radical (unpaired) electrons. The number of methoxy groups -OCH3 is 2. The van der Waals surface area contributed by atoms with Crippen molar-refractivity contribution in [1.29, 1.82) is 0 Å². The van der Waals surface area contributed by atoms with Gasteiger partial charge in [-0.1, -0.05) is 0 Å². The van der Waals surface area contributed by atoms with Crippen LogP contribution in [0.5, 0.6) is 28.7 Å². The summed E-state index contributed by atoms with van der Waals surface area (Å²) in [5, 5.41) is 50.8. The third-order valence-electron chi connectivity index (χ3n) is 6.64. The van der Waals surface area contributed by atoms with Gasteiger partial charge in [-0.2, -0.15) is 0 Å². The Bertz CT molecular complexity index is 1360. The summed E-state index contributed by atoms with van der Waals surface area (Å²) < 4.78 is 39.8. The molecule has 0 aliphatic carbocycles.